The smallest absolute Gasteiger partial charge is 0.255 e. The Balaban J connectivity index is 1.77. The fourth-order valence-electron chi connectivity index (χ4n) is 3.61. The van der Waals surface area contributed by atoms with Gasteiger partial charge in [-0.25, -0.2) is 13.1 Å². The van der Waals surface area contributed by atoms with Gasteiger partial charge in [0, 0.05) is 37.9 Å². The number of hydrogen-bond donors (Lipinski definition) is 1. The third-order valence-corrected chi connectivity index (χ3v) is 7.34. The number of carbonyl (C=O) groups is 1. The first-order valence-electron chi connectivity index (χ1n) is 10.0. The molecule has 162 valence electrons. The minimum absolute atomic E-state index is 0.0398. The molecule has 6 nitrogen and oxygen atoms in total. The molecular formula is C22H28ClN3O3S. The van der Waals surface area contributed by atoms with Gasteiger partial charge in [-0.15, -0.1) is 0 Å². The highest BCUT2D eigenvalue weighted by Gasteiger charge is 2.26. The molecule has 0 unspecified atom stereocenters. The quantitative estimate of drug-likeness (QED) is 0.757. The van der Waals surface area contributed by atoms with Gasteiger partial charge in [0.05, 0.1) is 15.5 Å². The number of benzene rings is 2. The van der Waals surface area contributed by atoms with Crippen molar-refractivity contribution in [3.63, 3.8) is 0 Å². The summed E-state index contributed by atoms with van der Waals surface area (Å²) in [6, 6.07) is 10.3. The van der Waals surface area contributed by atoms with Gasteiger partial charge in [0.1, 0.15) is 0 Å². The van der Waals surface area contributed by atoms with E-state index >= 15 is 0 Å². The van der Waals surface area contributed by atoms with Crippen molar-refractivity contribution in [3.8, 4) is 0 Å². The number of halogens is 1. The van der Waals surface area contributed by atoms with Gasteiger partial charge in [-0.2, -0.15) is 0 Å². The molecule has 2 aromatic carbocycles. The summed E-state index contributed by atoms with van der Waals surface area (Å²) >= 11 is 6.26. The van der Waals surface area contributed by atoms with Crippen LogP contribution in [0, 0.1) is 13.8 Å². The molecule has 0 atom stereocenters. The molecular weight excluding hydrogens is 422 g/mol. The Morgan fingerprint density at radius 1 is 1.07 bits per heavy atom. The molecule has 1 fully saturated rings. The average Bonchev–Trinajstić information content (AvgIpc) is 2.69. The van der Waals surface area contributed by atoms with Crippen LogP contribution in [0.4, 0.5) is 5.69 Å². The summed E-state index contributed by atoms with van der Waals surface area (Å²) in [4.78, 5) is 17.1. The van der Waals surface area contributed by atoms with E-state index in [1.54, 1.807) is 18.7 Å². The van der Waals surface area contributed by atoms with Crippen LogP contribution in [0.25, 0.3) is 0 Å². The first-order valence-corrected chi connectivity index (χ1v) is 11.9. The second kappa shape index (κ2) is 8.96. The van der Waals surface area contributed by atoms with E-state index in [2.05, 4.69) is 35.6 Å². The maximum absolute atomic E-state index is 13.1. The van der Waals surface area contributed by atoms with Crippen molar-refractivity contribution in [1.82, 2.24) is 9.62 Å². The summed E-state index contributed by atoms with van der Waals surface area (Å²) < 4.78 is 27.5. The third kappa shape index (κ3) is 4.79. The Bertz CT molecular complexity index is 1050. The van der Waals surface area contributed by atoms with Crippen LogP contribution in [0.15, 0.2) is 41.3 Å². The lowest BCUT2D eigenvalue weighted by molar-refractivity contribution is 0.0746. The lowest BCUT2D eigenvalue weighted by Gasteiger charge is -2.37. The average molecular weight is 450 g/mol. The third-order valence-electron chi connectivity index (χ3n) is 5.35. The second-order valence-corrected chi connectivity index (χ2v) is 10.0. The van der Waals surface area contributed by atoms with Crippen LogP contribution in [-0.4, -0.2) is 51.4 Å². The standard InChI is InChI=1S/C22H28ClN3O3S/c1-15(2)24-30(28,29)18-8-9-20(23)19(14-18)22(27)26-12-10-25(11-13-26)21-7-5-6-16(3)17(21)4/h5-9,14-15,24H,10-13H2,1-4H3. The number of sulfonamides is 1. The van der Waals surface area contributed by atoms with E-state index in [4.69, 9.17) is 11.6 Å². The minimum Gasteiger partial charge on any atom is -0.368 e. The zero-order chi connectivity index (χ0) is 22.1. The Hall–Kier alpha value is -2.09. The van der Waals surface area contributed by atoms with Crippen molar-refractivity contribution < 1.29 is 13.2 Å². The van der Waals surface area contributed by atoms with Crippen LogP contribution in [0.3, 0.4) is 0 Å². The highest BCUT2D eigenvalue weighted by Crippen LogP contribution is 2.26. The molecule has 1 heterocycles. The van der Waals surface area contributed by atoms with Crippen molar-refractivity contribution in [2.75, 3.05) is 31.1 Å². The highest BCUT2D eigenvalue weighted by atomic mass is 35.5. The fraction of sp³-hybridized carbons (Fsp3) is 0.409. The van der Waals surface area contributed by atoms with Crippen molar-refractivity contribution in [1.29, 1.82) is 0 Å². The van der Waals surface area contributed by atoms with Crippen molar-refractivity contribution in [2.24, 2.45) is 0 Å². The summed E-state index contributed by atoms with van der Waals surface area (Å²) in [6.07, 6.45) is 0. The first kappa shape index (κ1) is 22.6. The molecule has 1 N–H and O–H groups in total. The molecule has 2 aromatic rings. The molecule has 1 aliphatic heterocycles. The number of aryl methyl sites for hydroxylation is 1. The molecule has 30 heavy (non-hydrogen) atoms. The van der Waals surface area contributed by atoms with Crippen LogP contribution < -0.4 is 9.62 Å². The van der Waals surface area contributed by atoms with Gasteiger partial charge < -0.3 is 9.80 Å². The molecule has 0 saturated carbocycles. The van der Waals surface area contributed by atoms with E-state index < -0.39 is 10.0 Å². The number of anilines is 1. The Kier molecular flexibility index (Phi) is 6.75. The monoisotopic (exact) mass is 449 g/mol. The SMILES string of the molecule is Cc1cccc(N2CCN(C(=O)c3cc(S(=O)(=O)NC(C)C)ccc3Cl)CC2)c1C. The van der Waals surface area contributed by atoms with E-state index in [9.17, 15) is 13.2 Å². The number of piperazine rings is 1. The van der Waals surface area contributed by atoms with Gasteiger partial charge in [-0.05, 0) is 63.1 Å². The van der Waals surface area contributed by atoms with Crippen molar-refractivity contribution in [3.05, 3.63) is 58.1 Å². The molecule has 0 spiro atoms. The van der Waals surface area contributed by atoms with E-state index in [-0.39, 0.29) is 27.4 Å². The Morgan fingerprint density at radius 3 is 2.37 bits per heavy atom. The molecule has 1 aliphatic rings. The molecule has 3 rings (SSSR count). The summed E-state index contributed by atoms with van der Waals surface area (Å²) in [7, 11) is -3.70. The molecule has 0 bridgehead atoms. The van der Waals surface area contributed by atoms with Gasteiger partial charge in [0.25, 0.3) is 5.91 Å². The molecule has 0 aromatic heterocycles. The predicted molar refractivity (Wildman–Crippen MR) is 121 cm³/mol. The van der Waals surface area contributed by atoms with Gasteiger partial charge in [-0.1, -0.05) is 23.7 Å². The lowest BCUT2D eigenvalue weighted by Crippen LogP contribution is -2.49. The summed E-state index contributed by atoms with van der Waals surface area (Å²) in [5.41, 5.74) is 3.89. The zero-order valence-corrected chi connectivity index (χ0v) is 19.3. The second-order valence-electron chi connectivity index (χ2n) is 7.92. The maximum atomic E-state index is 13.1. The van der Waals surface area contributed by atoms with Gasteiger partial charge in [-0.3, -0.25) is 4.79 Å². The van der Waals surface area contributed by atoms with Crippen LogP contribution in [0.5, 0.6) is 0 Å². The fourth-order valence-corrected chi connectivity index (χ4v) is 5.09. The van der Waals surface area contributed by atoms with Crippen LogP contribution in [-0.2, 0) is 10.0 Å². The number of rotatable bonds is 5. The van der Waals surface area contributed by atoms with Crippen molar-refractivity contribution >= 4 is 33.2 Å². The predicted octanol–water partition coefficient (Wildman–Crippen LogP) is 3.61. The summed E-state index contributed by atoms with van der Waals surface area (Å²) in [5, 5.41) is 0.250. The minimum atomic E-state index is -3.70. The molecule has 0 radical (unpaired) electrons. The van der Waals surface area contributed by atoms with Crippen molar-refractivity contribution in [2.45, 2.75) is 38.6 Å². The Morgan fingerprint density at radius 2 is 1.73 bits per heavy atom. The van der Waals surface area contributed by atoms with E-state index in [1.807, 2.05) is 6.07 Å². The van der Waals surface area contributed by atoms with E-state index in [0.29, 0.717) is 26.2 Å². The number of hydrogen-bond acceptors (Lipinski definition) is 4. The lowest BCUT2D eigenvalue weighted by atomic mass is 10.1. The summed E-state index contributed by atoms with van der Waals surface area (Å²) in [6.45, 7) is 10.2. The number of amides is 1. The Labute approximate surface area is 183 Å². The maximum Gasteiger partial charge on any atom is 0.255 e. The molecule has 8 heteroatoms. The normalized spacial score (nSPS) is 15.0. The largest absolute Gasteiger partial charge is 0.368 e. The number of carbonyl (C=O) groups excluding carboxylic acids is 1. The molecule has 1 amide bonds. The van der Waals surface area contributed by atoms with E-state index in [0.717, 1.165) is 0 Å². The van der Waals surface area contributed by atoms with Gasteiger partial charge >= 0.3 is 0 Å². The summed E-state index contributed by atoms with van der Waals surface area (Å²) in [5.74, 6) is -0.248. The van der Waals surface area contributed by atoms with Gasteiger partial charge in [0.2, 0.25) is 10.0 Å². The van der Waals surface area contributed by atoms with Crippen LogP contribution >= 0.6 is 11.6 Å². The highest BCUT2D eigenvalue weighted by molar-refractivity contribution is 7.89. The topological polar surface area (TPSA) is 69.7 Å². The molecule has 0 aliphatic carbocycles. The van der Waals surface area contributed by atoms with E-state index in [1.165, 1.54) is 35.0 Å². The number of nitrogens with one attached hydrogen (secondary N) is 1. The molecule has 1 saturated heterocycles. The zero-order valence-electron chi connectivity index (χ0n) is 17.8. The van der Waals surface area contributed by atoms with Crippen LogP contribution in [0.2, 0.25) is 5.02 Å². The van der Waals surface area contributed by atoms with Crippen LogP contribution in [0.1, 0.15) is 35.3 Å². The number of nitrogens with zero attached hydrogens (tertiary/aromatic N) is 2. The first-order chi connectivity index (χ1) is 14.1. The van der Waals surface area contributed by atoms with Gasteiger partial charge in [0.15, 0.2) is 0 Å².